The van der Waals surface area contributed by atoms with E-state index >= 15 is 0 Å². The number of benzene rings is 1. The molecule has 1 aromatic carbocycles. The van der Waals surface area contributed by atoms with Gasteiger partial charge in [0.2, 0.25) is 0 Å². The molecule has 1 aliphatic carbocycles. The summed E-state index contributed by atoms with van der Waals surface area (Å²) < 4.78 is 29.4. The molecule has 4 nitrogen and oxygen atoms in total. The minimum absolute atomic E-state index is 0.0599. The second-order valence-electron chi connectivity index (χ2n) is 5.46. The van der Waals surface area contributed by atoms with Crippen LogP contribution in [0, 0.1) is 12.8 Å². The summed E-state index contributed by atoms with van der Waals surface area (Å²) in [6.07, 6.45) is 3.70. The van der Waals surface area contributed by atoms with Gasteiger partial charge in [0.15, 0.2) is 9.84 Å². The fraction of sp³-hybridized carbons (Fsp3) is 0.438. The first-order valence-electron chi connectivity index (χ1n) is 6.99. The van der Waals surface area contributed by atoms with Crippen LogP contribution < -0.4 is 0 Å². The van der Waals surface area contributed by atoms with Crippen molar-refractivity contribution in [3.63, 3.8) is 0 Å². The summed E-state index contributed by atoms with van der Waals surface area (Å²) in [5, 5.41) is 0. The van der Waals surface area contributed by atoms with Gasteiger partial charge in [0.25, 0.3) is 0 Å². The molecular formula is C16H20O4S. The SMILES string of the molecule is COC(=O)C1=CCC(CS(=O)(=O)c2ccc(C)cc2)CC1. The summed E-state index contributed by atoms with van der Waals surface area (Å²) in [5.74, 6) is -0.124. The van der Waals surface area contributed by atoms with E-state index in [-0.39, 0.29) is 17.6 Å². The van der Waals surface area contributed by atoms with Crippen molar-refractivity contribution in [3.05, 3.63) is 41.5 Å². The molecule has 0 bridgehead atoms. The molecule has 114 valence electrons. The molecule has 21 heavy (non-hydrogen) atoms. The number of methoxy groups -OCH3 is 1. The topological polar surface area (TPSA) is 60.4 Å². The maximum absolute atomic E-state index is 12.4. The first-order chi connectivity index (χ1) is 9.92. The van der Waals surface area contributed by atoms with Gasteiger partial charge in [0.05, 0.1) is 17.8 Å². The Morgan fingerprint density at radius 2 is 1.95 bits per heavy atom. The molecule has 1 aromatic rings. The predicted molar refractivity (Wildman–Crippen MR) is 80.7 cm³/mol. The molecule has 0 saturated carbocycles. The van der Waals surface area contributed by atoms with Gasteiger partial charge in [-0.1, -0.05) is 23.8 Å². The van der Waals surface area contributed by atoms with Gasteiger partial charge in [0, 0.05) is 5.57 Å². The lowest BCUT2D eigenvalue weighted by molar-refractivity contribution is -0.136. The van der Waals surface area contributed by atoms with Crippen LogP contribution in [-0.4, -0.2) is 27.2 Å². The van der Waals surface area contributed by atoms with Crippen LogP contribution in [0.15, 0.2) is 40.8 Å². The maximum Gasteiger partial charge on any atom is 0.333 e. The van der Waals surface area contributed by atoms with Crippen LogP contribution >= 0.6 is 0 Å². The summed E-state index contributed by atoms with van der Waals surface area (Å²) >= 11 is 0. The zero-order valence-electron chi connectivity index (χ0n) is 12.3. The smallest absolute Gasteiger partial charge is 0.333 e. The van der Waals surface area contributed by atoms with Crippen molar-refractivity contribution in [1.29, 1.82) is 0 Å². The largest absolute Gasteiger partial charge is 0.466 e. The summed E-state index contributed by atoms with van der Waals surface area (Å²) in [6, 6.07) is 6.93. The van der Waals surface area contributed by atoms with E-state index in [1.165, 1.54) is 7.11 Å². The Hall–Kier alpha value is -1.62. The predicted octanol–water partition coefficient (Wildman–Crippen LogP) is 2.67. The van der Waals surface area contributed by atoms with Crippen molar-refractivity contribution in [2.45, 2.75) is 31.1 Å². The van der Waals surface area contributed by atoms with Gasteiger partial charge < -0.3 is 4.74 Å². The molecule has 2 rings (SSSR count). The second-order valence-corrected chi connectivity index (χ2v) is 7.49. The Morgan fingerprint density at radius 3 is 2.48 bits per heavy atom. The van der Waals surface area contributed by atoms with E-state index in [2.05, 4.69) is 4.74 Å². The van der Waals surface area contributed by atoms with Crippen LogP contribution in [-0.2, 0) is 19.4 Å². The lowest BCUT2D eigenvalue weighted by Crippen LogP contribution is -2.20. The van der Waals surface area contributed by atoms with Gasteiger partial charge in [-0.15, -0.1) is 0 Å². The van der Waals surface area contributed by atoms with E-state index in [1.807, 2.05) is 25.1 Å². The molecular weight excluding hydrogens is 288 g/mol. The number of rotatable bonds is 4. The van der Waals surface area contributed by atoms with E-state index < -0.39 is 9.84 Å². The summed E-state index contributed by atoms with van der Waals surface area (Å²) in [5.41, 5.74) is 1.69. The Balaban J connectivity index is 2.04. The van der Waals surface area contributed by atoms with Crippen molar-refractivity contribution in [2.24, 2.45) is 5.92 Å². The van der Waals surface area contributed by atoms with Crippen molar-refractivity contribution >= 4 is 15.8 Å². The van der Waals surface area contributed by atoms with E-state index in [0.29, 0.717) is 29.7 Å². The lowest BCUT2D eigenvalue weighted by Gasteiger charge is -2.20. The van der Waals surface area contributed by atoms with Crippen molar-refractivity contribution in [3.8, 4) is 0 Å². The van der Waals surface area contributed by atoms with Crippen molar-refractivity contribution in [1.82, 2.24) is 0 Å². The maximum atomic E-state index is 12.4. The van der Waals surface area contributed by atoms with Crippen molar-refractivity contribution in [2.75, 3.05) is 12.9 Å². The second kappa shape index (κ2) is 6.43. The van der Waals surface area contributed by atoms with Gasteiger partial charge >= 0.3 is 5.97 Å². The standard InChI is InChI=1S/C16H20O4S/c1-12-3-9-15(10-4-12)21(18,19)11-13-5-7-14(8-6-13)16(17)20-2/h3-4,7,9-10,13H,5-6,8,11H2,1-2H3. The van der Waals surface area contributed by atoms with Gasteiger partial charge in [-0.05, 0) is 44.2 Å². The van der Waals surface area contributed by atoms with Crippen LogP contribution in [0.2, 0.25) is 0 Å². The molecule has 0 aliphatic heterocycles. The minimum Gasteiger partial charge on any atom is -0.466 e. The van der Waals surface area contributed by atoms with E-state index in [9.17, 15) is 13.2 Å². The Bertz CT molecular complexity index is 641. The first-order valence-corrected chi connectivity index (χ1v) is 8.64. The van der Waals surface area contributed by atoms with Gasteiger partial charge in [0.1, 0.15) is 0 Å². The molecule has 0 N–H and O–H groups in total. The van der Waals surface area contributed by atoms with Crippen LogP contribution in [0.5, 0.6) is 0 Å². The molecule has 5 heteroatoms. The number of hydrogen-bond donors (Lipinski definition) is 0. The fourth-order valence-corrected chi connectivity index (χ4v) is 4.18. The van der Waals surface area contributed by atoms with E-state index in [1.54, 1.807) is 12.1 Å². The molecule has 1 aliphatic rings. The van der Waals surface area contributed by atoms with Crippen LogP contribution in [0.4, 0.5) is 0 Å². The number of aryl methyl sites for hydroxylation is 1. The monoisotopic (exact) mass is 308 g/mol. The number of carbonyl (C=O) groups is 1. The Kier molecular flexibility index (Phi) is 4.83. The van der Waals surface area contributed by atoms with Gasteiger partial charge in [-0.3, -0.25) is 0 Å². The summed E-state index contributed by atoms with van der Waals surface area (Å²) in [4.78, 5) is 11.8. The summed E-state index contributed by atoms with van der Waals surface area (Å²) in [7, 11) is -1.91. The van der Waals surface area contributed by atoms with Crippen molar-refractivity contribution < 1.29 is 17.9 Å². The zero-order chi connectivity index (χ0) is 15.5. The highest BCUT2D eigenvalue weighted by Crippen LogP contribution is 2.27. The normalized spacial score (nSPS) is 19.0. The average molecular weight is 308 g/mol. The molecule has 1 atom stereocenters. The third kappa shape index (κ3) is 3.94. The van der Waals surface area contributed by atoms with Gasteiger partial charge in [-0.2, -0.15) is 0 Å². The highest BCUT2D eigenvalue weighted by atomic mass is 32.2. The fourth-order valence-electron chi connectivity index (χ4n) is 2.51. The third-order valence-electron chi connectivity index (χ3n) is 3.80. The summed E-state index contributed by atoms with van der Waals surface area (Å²) in [6.45, 7) is 1.93. The number of carbonyl (C=O) groups excluding carboxylic acids is 1. The molecule has 0 heterocycles. The number of allylic oxidation sites excluding steroid dienone is 1. The molecule has 0 saturated heterocycles. The third-order valence-corrected chi connectivity index (χ3v) is 5.70. The molecule has 0 aromatic heterocycles. The van der Waals surface area contributed by atoms with E-state index in [0.717, 1.165) is 5.56 Å². The molecule has 0 fully saturated rings. The van der Waals surface area contributed by atoms with Crippen LogP contribution in [0.3, 0.4) is 0 Å². The van der Waals surface area contributed by atoms with Gasteiger partial charge in [-0.25, -0.2) is 13.2 Å². The number of hydrogen-bond acceptors (Lipinski definition) is 4. The van der Waals surface area contributed by atoms with E-state index in [4.69, 9.17) is 0 Å². The highest BCUT2D eigenvalue weighted by Gasteiger charge is 2.25. The Morgan fingerprint density at radius 1 is 1.29 bits per heavy atom. The lowest BCUT2D eigenvalue weighted by atomic mass is 9.91. The first kappa shape index (κ1) is 15.8. The molecule has 0 radical (unpaired) electrons. The quantitative estimate of drug-likeness (QED) is 0.802. The minimum atomic E-state index is -3.27. The highest BCUT2D eigenvalue weighted by molar-refractivity contribution is 7.91. The molecule has 1 unspecified atom stereocenters. The number of ether oxygens (including phenoxy) is 1. The molecule has 0 amide bonds. The number of esters is 1. The zero-order valence-corrected chi connectivity index (χ0v) is 13.2. The Labute approximate surface area is 125 Å². The number of sulfone groups is 1. The average Bonchev–Trinajstić information content (AvgIpc) is 2.47. The molecule has 0 spiro atoms. The van der Waals surface area contributed by atoms with Crippen LogP contribution in [0.25, 0.3) is 0 Å². The van der Waals surface area contributed by atoms with Crippen LogP contribution in [0.1, 0.15) is 24.8 Å².